The second kappa shape index (κ2) is 9.93. The smallest absolute Gasteiger partial charge is 0.260 e. The number of fused-ring (bicyclic) bond motifs is 1. The summed E-state index contributed by atoms with van der Waals surface area (Å²) < 4.78 is 8.27. The van der Waals surface area contributed by atoms with Crippen LogP contribution in [0.25, 0.3) is 10.2 Å². The van der Waals surface area contributed by atoms with Crippen LogP contribution in [0.1, 0.15) is 16.8 Å². The molecular weight excluding hydrogens is 443 g/mol. The third-order valence-corrected chi connectivity index (χ3v) is 5.80. The van der Waals surface area contributed by atoms with E-state index in [0.717, 1.165) is 28.9 Å². The first-order valence-corrected chi connectivity index (χ1v) is 10.3. The zero-order valence-electron chi connectivity index (χ0n) is 16.2. The van der Waals surface area contributed by atoms with Crippen molar-refractivity contribution >= 4 is 56.6 Å². The number of nitrogens with zero attached hydrogens (tertiary/aromatic N) is 4. The van der Waals surface area contributed by atoms with E-state index in [9.17, 15) is 4.79 Å². The number of carbonyl (C=O) groups is 1. The van der Waals surface area contributed by atoms with Crippen molar-refractivity contribution in [1.82, 2.24) is 14.5 Å². The number of aryl methyl sites for hydroxylation is 1. The van der Waals surface area contributed by atoms with Crippen LogP contribution in [0.3, 0.4) is 0 Å². The van der Waals surface area contributed by atoms with E-state index in [4.69, 9.17) is 21.3 Å². The summed E-state index contributed by atoms with van der Waals surface area (Å²) in [4.78, 5) is 23.7. The number of hydrogen-bond donors (Lipinski definition) is 0. The van der Waals surface area contributed by atoms with Crippen molar-refractivity contribution in [3.8, 4) is 5.75 Å². The van der Waals surface area contributed by atoms with Gasteiger partial charge in [0, 0.05) is 36.1 Å². The molecule has 4 rings (SSSR count). The van der Waals surface area contributed by atoms with Gasteiger partial charge in [0.1, 0.15) is 5.75 Å². The van der Waals surface area contributed by atoms with Crippen LogP contribution in [-0.2, 0) is 6.54 Å². The highest BCUT2D eigenvalue weighted by molar-refractivity contribution is 7.22. The molecule has 0 saturated carbocycles. The van der Waals surface area contributed by atoms with Gasteiger partial charge in [0.2, 0.25) is 0 Å². The van der Waals surface area contributed by atoms with Crippen molar-refractivity contribution in [3.05, 3.63) is 71.8 Å². The summed E-state index contributed by atoms with van der Waals surface area (Å²) in [6.07, 6.45) is 6.21. The largest absolute Gasteiger partial charge is 0.497 e. The lowest BCUT2D eigenvalue weighted by atomic mass is 10.2. The number of halogens is 2. The van der Waals surface area contributed by atoms with Gasteiger partial charge in [-0.15, -0.1) is 12.4 Å². The van der Waals surface area contributed by atoms with Crippen molar-refractivity contribution in [3.63, 3.8) is 0 Å². The fourth-order valence-electron chi connectivity index (χ4n) is 3.00. The molecule has 0 aliphatic heterocycles. The molecule has 0 aliphatic carbocycles. The van der Waals surface area contributed by atoms with E-state index in [1.54, 1.807) is 48.8 Å². The van der Waals surface area contributed by atoms with Crippen molar-refractivity contribution in [2.75, 3.05) is 18.6 Å². The van der Waals surface area contributed by atoms with E-state index in [1.807, 2.05) is 29.0 Å². The zero-order chi connectivity index (χ0) is 20.2. The van der Waals surface area contributed by atoms with Crippen LogP contribution in [0.2, 0.25) is 5.02 Å². The number of carbonyl (C=O) groups excluding carboxylic acids is 1. The SMILES string of the molecule is COc1ccc2nc(N(CCCn3ccnc3)C(=O)c3ccc(Cl)cc3)sc2c1.Cl. The van der Waals surface area contributed by atoms with Crippen LogP contribution in [0.15, 0.2) is 61.2 Å². The van der Waals surface area contributed by atoms with Crippen LogP contribution in [0.4, 0.5) is 5.13 Å². The van der Waals surface area contributed by atoms with Crippen LogP contribution >= 0.6 is 35.3 Å². The number of thiazole rings is 1. The number of anilines is 1. The molecule has 156 valence electrons. The lowest BCUT2D eigenvalue weighted by Crippen LogP contribution is -2.32. The highest BCUT2D eigenvalue weighted by atomic mass is 35.5. The quantitative estimate of drug-likeness (QED) is 0.373. The van der Waals surface area contributed by atoms with Gasteiger partial charge >= 0.3 is 0 Å². The molecule has 30 heavy (non-hydrogen) atoms. The summed E-state index contributed by atoms with van der Waals surface area (Å²) in [5, 5.41) is 1.26. The number of hydrogen-bond acceptors (Lipinski definition) is 5. The second-order valence-corrected chi connectivity index (χ2v) is 7.89. The lowest BCUT2D eigenvalue weighted by Gasteiger charge is -2.20. The maximum Gasteiger partial charge on any atom is 0.260 e. The summed E-state index contributed by atoms with van der Waals surface area (Å²) in [5.74, 6) is 0.668. The fourth-order valence-corrected chi connectivity index (χ4v) is 4.14. The van der Waals surface area contributed by atoms with Gasteiger partial charge in [-0.3, -0.25) is 9.69 Å². The monoisotopic (exact) mass is 462 g/mol. The van der Waals surface area contributed by atoms with Gasteiger partial charge in [-0.05, 0) is 48.9 Å². The first-order chi connectivity index (χ1) is 14.1. The molecule has 0 spiro atoms. The summed E-state index contributed by atoms with van der Waals surface area (Å²) in [7, 11) is 1.63. The van der Waals surface area contributed by atoms with Crippen LogP contribution in [0.5, 0.6) is 5.75 Å². The maximum atomic E-state index is 13.3. The summed E-state index contributed by atoms with van der Waals surface area (Å²) >= 11 is 7.46. The fraction of sp³-hybridized carbons (Fsp3) is 0.190. The normalized spacial score (nSPS) is 10.6. The molecule has 6 nitrogen and oxygen atoms in total. The summed E-state index contributed by atoms with van der Waals surface area (Å²) in [6.45, 7) is 1.31. The Morgan fingerprint density at radius 2 is 2.03 bits per heavy atom. The van der Waals surface area contributed by atoms with E-state index < -0.39 is 0 Å². The summed E-state index contributed by atoms with van der Waals surface area (Å²) in [5.41, 5.74) is 1.42. The topological polar surface area (TPSA) is 60.2 Å². The number of imidazole rings is 1. The van der Waals surface area contributed by atoms with Gasteiger partial charge in [-0.1, -0.05) is 22.9 Å². The number of aromatic nitrogens is 3. The molecule has 2 aromatic carbocycles. The molecule has 0 atom stereocenters. The van der Waals surface area contributed by atoms with Gasteiger partial charge in [-0.2, -0.15) is 0 Å². The minimum Gasteiger partial charge on any atom is -0.497 e. The predicted octanol–water partition coefficient (Wildman–Crippen LogP) is 5.31. The van der Waals surface area contributed by atoms with E-state index >= 15 is 0 Å². The Kier molecular flexibility index (Phi) is 7.31. The van der Waals surface area contributed by atoms with Gasteiger partial charge in [-0.25, -0.2) is 9.97 Å². The molecule has 0 unspecified atom stereocenters. The second-order valence-electron chi connectivity index (χ2n) is 6.45. The van der Waals surface area contributed by atoms with Crippen LogP contribution in [0, 0.1) is 0 Å². The molecule has 0 aliphatic rings. The molecule has 0 saturated heterocycles. The summed E-state index contributed by atoms with van der Waals surface area (Å²) in [6, 6.07) is 12.6. The molecule has 1 amide bonds. The van der Waals surface area contributed by atoms with Crippen molar-refractivity contribution in [1.29, 1.82) is 0 Å². The van der Waals surface area contributed by atoms with Crippen molar-refractivity contribution < 1.29 is 9.53 Å². The van der Waals surface area contributed by atoms with Crippen molar-refractivity contribution in [2.45, 2.75) is 13.0 Å². The molecule has 9 heteroatoms. The molecule has 0 N–H and O–H groups in total. The predicted molar refractivity (Wildman–Crippen MR) is 123 cm³/mol. The molecule has 2 aromatic heterocycles. The Balaban J connectivity index is 0.00000256. The van der Waals surface area contributed by atoms with Gasteiger partial charge < -0.3 is 9.30 Å². The third kappa shape index (κ3) is 4.92. The number of methoxy groups -OCH3 is 1. The highest BCUT2D eigenvalue weighted by Gasteiger charge is 2.21. The average molecular weight is 463 g/mol. The number of ether oxygens (including phenoxy) is 1. The molecule has 0 bridgehead atoms. The minimum atomic E-state index is -0.0988. The van der Waals surface area contributed by atoms with Crippen LogP contribution in [-0.4, -0.2) is 34.1 Å². The minimum absolute atomic E-state index is 0. The molecule has 0 radical (unpaired) electrons. The van der Waals surface area contributed by atoms with E-state index in [2.05, 4.69) is 4.98 Å². The van der Waals surface area contributed by atoms with E-state index in [0.29, 0.717) is 22.3 Å². The molecule has 4 aromatic rings. The van der Waals surface area contributed by atoms with Crippen molar-refractivity contribution in [2.24, 2.45) is 0 Å². The first kappa shape index (κ1) is 22.1. The molecule has 2 heterocycles. The van der Waals surface area contributed by atoms with Crippen LogP contribution < -0.4 is 9.64 Å². The van der Waals surface area contributed by atoms with E-state index in [1.165, 1.54) is 11.3 Å². The standard InChI is InChI=1S/C21H19ClN4O2S.ClH/c1-28-17-7-8-18-19(13-17)29-21(24-18)26(11-2-10-25-12-9-23-14-25)20(27)15-3-5-16(22)6-4-15;/h3-9,12-14H,2,10-11H2,1H3;1H. The number of benzene rings is 2. The van der Waals surface area contributed by atoms with E-state index in [-0.39, 0.29) is 18.3 Å². The van der Waals surface area contributed by atoms with Gasteiger partial charge in [0.25, 0.3) is 5.91 Å². The average Bonchev–Trinajstić information content (AvgIpc) is 3.40. The molecule has 0 fully saturated rings. The Hall–Kier alpha value is -2.61. The Morgan fingerprint density at radius 1 is 1.23 bits per heavy atom. The zero-order valence-corrected chi connectivity index (χ0v) is 18.6. The number of rotatable bonds is 7. The Bertz CT molecular complexity index is 1110. The molecular formula is C21H20Cl2N4O2S. The maximum absolute atomic E-state index is 13.3. The number of amides is 1. The highest BCUT2D eigenvalue weighted by Crippen LogP contribution is 2.32. The van der Waals surface area contributed by atoms with Gasteiger partial charge in [0.15, 0.2) is 5.13 Å². The van der Waals surface area contributed by atoms with Gasteiger partial charge in [0.05, 0.1) is 23.7 Å². The Morgan fingerprint density at radius 3 is 2.73 bits per heavy atom. The third-order valence-electron chi connectivity index (χ3n) is 4.51. The Labute approximate surface area is 189 Å². The lowest BCUT2D eigenvalue weighted by molar-refractivity contribution is 0.0986. The first-order valence-electron chi connectivity index (χ1n) is 9.12.